The molecule has 0 atom stereocenters. The van der Waals surface area contributed by atoms with Gasteiger partial charge in [0.25, 0.3) is 5.91 Å². The molecule has 1 fully saturated rings. The van der Waals surface area contributed by atoms with Crippen molar-refractivity contribution in [3.63, 3.8) is 0 Å². The molecular weight excluding hydrogens is 386 g/mol. The van der Waals surface area contributed by atoms with Crippen LogP contribution in [-0.2, 0) is 0 Å². The number of aromatic nitrogens is 2. The predicted octanol–water partition coefficient (Wildman–Crippen LogP) is 3.82. The first-order valence-corrected chi connectivity index (χ1v) is 10.1. The Morgan fingerprint density at radius 2 is 2.03 bits per heavy atom. The zero-order chi connectivity index (χ0) is 20.4. The first-order valence-electron chi connectivity index (χ1n) is 9.76. The smallest absolute Gasteiger partial charge is 0.251 e. The van der Waals surface area contributed by atoms with E-state index in [9.17, 15) is 4.79 Å². The molecule has 2 N–H and O–H groups in total. The molecule has 29 heavy (non-hydrogen) atoms. The number of likely N-dealkylation sites (N-methyl/N-ethyl adjacent to an activating group) is 1. The number of amides is 1. The van der Waals surface area contributed by atoms with E-state index < -0.39 is 0 Å². The Kier molecular flexibility index (Phi) is 5.65. The van der Waals surface area contributed by atoms with Crippen LogP contribution in [0.3, 0.4) is 0 Å². The van der Waals surface area contributed by atoms with Gasteiger partial charge >= 0.3 is 0 Å². The van der Waals surface area contributed by atoms with Crippen molar-refractivity contribution in [3.8, 4) is 11.1 Å². The molecule has 0 aliphatic heterocycles. The van der Waals surface area contributed by atoms with Gasteiger partial charge < -0.3 is 15.5 Å². The molecule has 1 aromatic heterocycles. The Labute approximate surface area is 175 Å². The molecule has 1 aliphatic rings. The molecule has 2 aromatic carbocycles. The highest BCUT2D eigenvalue weighted by Crippen LogP contribution is 2.31. The fourth-order valence-corrected chi connectivity index (χ4v) is 3.29. The normalized spacial score (nSPS) is 13.7. The Hall–Kier alpha value is -2.70. The maximum absolute atomic E-state index is 12.4. The number of halogens is 1. The van der Waals surface area contributed by atoms with Crippen LogP contribution in [0, 0.1) is 0 Å². The van der Waals surface area contributed by atoms with Crippen LogP contribution < -0.4 is 10.6 Å². The van der Waals surface area contributed by atoms with Crippen LogP contribution in [0.25, 0.3) is 22.0 Å². The van der Waals surface area contributed by atoms with Crippen molar-refractivity contribution in [2.75, 3.05) is 32.5 Å². The molecule has 1 heterocycles. The minimum atomic E-state index is -0.0528. The molecule has 7 heteroatoms. The molecule has 6 nitrogen and oxygen atoms in total. The van der Waals surface area contributed by atoms with E-state index >= 15 is 0 Å². The van der Waals surface area contributed by atoms with Crippen LogP contribution >= 0.6 is 11.6 Å². The van der Waals surface area contributed by atoms with Crippen LogP contribution in [0.5, 0.6) is 0 Å². The zero-order valence-electron chi connectivity index (χ0n) is 16.6. The molecule has 1 amide bonds. The highest BCUT2D eigenvalue weighted by Gasteiger charge is 2.24. The van der Waals surface area contributed by atoms with Gasteiger partial charge in [-0.25, -0.2) is 9.97 Å². The molecule has 0 radical (unpaired) electrons. The van der Waals surface area contributed by atoms with Gasteiger partial charge in [-0.1, -0.05) is 17.7 Å². The van der Waals surface area contributed by atoms with E-state index in [-0.39, 0.29) is 5.91 Å². The second-order valence-electron chi connectivity index (χ2n) is 7.64. The number of carbonyl (C=O) groups excluding carboxylic acids is 1. The van der Waals surface area contributed by atoms with Crippen molar-refractivity contribution in [2.45, 2.75) is 18.9 Å². The number of fused-ring (bicyclic) bond motifs is 1. The largest absolute Gasteiger partial charge is 0.353 e. The molecule has 1 aliphatic carbocycles. The first kappa shape index (κ1) is 19.6. The van der Waals surface area contributed by atoms with E-state index in [1.54, 1.807) is 18.3 Å². The van der Waals surface area contributed by atoms with E-state index in [0.717, 1.165) is 48.0 Å². The van der Waals surface area contributed by atoms with Gasteiger partial charge in [0.1, 0.15) is 0 Å². The molecule has 1 saturated carbocycles. The number of carbonyl (C=O) groups is 1. The van der Waals surface area contributed by atoms with Crippen molar-refractivity contribution in [1.29, 1.82) is 0 Å². The van der Waals surface area contributed by atoms with Crippen LogP contribution in [0.1, 0.15) is 23.2 Å². The third-order valence-electron chi connectivity index (χ3n) is 4.87. The van der Waals surface area contributed by atoms with Crippen LogP contribution in [0.15, 0.2) is 42.6 Å². The van der Waals surface area contributed by atoms with E-state index in [1.165, 1.54) is 0 Å². The number of rotatable bonds is 7. The summed E-state index contributed by atoms with van der Waals surface area (Å²) in [4.78, 5) is 23.5. The van der Waals surface area contributed by atoms with Crippen molar-refractivity contribution in [2.24, 2.45) is 0 Å². The predicted molar refractivity (Wildman–Crippen MR) is 118 cm³/mol. The summed E-state index contributed by atoms with van der Waals surface area (Å²) in [5.74, 6) is 0.562. The Morgan fingerprint density at radius 3 is 2.79 bits per heavy atom. The number of hydrogen-bond acceptors (Lipinski definition) is 5. The van der Waals surface area contributed by atoms with E-state index in [0.29, 0.717) is 22.6 Å². The summed E-state index contributed by atoms with van der Waals surface area (Å²) in [6, 6.07) is 11.6. The topological polar surface area (TPSA) is 70.2 Å². The van der Waals surface area contributed by atoms with Crippen LogP contribution in [-0.4, -0.2) is 54.0 Å². The minimum absolute atomic E-state index is 0.0528. The summed E-state index contributed by atoms with van der Waals surface area (Å²) < 4.78 is 0. The lowest BCUT2D eigenvalue weighted by molar-refractivity contribution is 0.0951. The second-order valence-corrected chi connectivity index (χ2v) is 8.05. The fourth-order valence-electron chi connectivity index (χ4n) is 3.06. The summed E-state index contributed by atoms with van der Waals surface area (Å²) in [6.07, 6.45) is 3.92. The van der Waals surface area contributed by atoms with E-state index in [2.05, 4.69) is 25.5 Å². The molecule has 150 valence electrons. The Bertz CT molecular complexity index is 1050. The van der Waals surface area contributed by atoms with Crippen molar-refractivity contribution < 1.29 is 4.79 Å². The lowest BCUT2D eigenvalue weighted by Crippen LogP contribution is -2.25. The molecule has 3 aromatic rings. The average Bonchev–Trinajstić information content (AvgIpc) is 3.51. The molecule has 0 spiro atoms. The number of hydrogen-bond donors (Lipinski definition) is 2. The maximum atomic E-state index is 12.4. The van der Waals surface area contributed by atoms with Crippen molar-refractivity contribution in [1.82, 2.24) is 20.2 Å². The lowest BCUT2D eigenvalue weighted by atomic mass is 10.0. The van der Waals surface area contributed by atoms with Gasteiger partial charge in [-0.2, -0.15) is 0 Å². The Balaban J connectivity index is 1.58. The monoisotopic (exact) mass is 409 g/mol. The maximum Gasteiger partial charge on any atom is 0.251 e. The van der Waals surface area contributed by atoms with Gasteiger partial charge in [0.15, 0.2) is 0 Å². The summed E-state index contributed by atoms with van der Waals surface area (Å²) >= 11 is 6.44. The molecule has 0 saturated heterocycles. The molecule has 0 unspecified atom stereocenters. The number of nitrogens with zero attached hydrogens (tertiary/aromatic N) is 3. The molecular formula is C22H24ClN5O. The van der Waals surface area contributed by atoms with Crippen molar-refractivity contribution >= 4 is 34.4 Å². The number of nitrogens with one attached hydrogen (secondary N) is 2. The van der Waals surface area contributed by atoms with Gasteiger partial charge in [0, 0.05) is 46.9 Å². The highest BCUT2D eigenvalue weighted by molar-refractivity contribution is 6.33. The standard InChI is InChI=1S/C22H24ClN5O/c1-28(2)10-9-24-22-25-13-16-11-14(4-8-20(16)27-22)18-12-15(3-7-19(18)23)21(29)26-17-5-6-17/h3-4,7-8,11-13,17H,5-6,9-10H2,1-2H3,(H,26,29)(H,24,25,27). The van der Waals surface area contributed by atoms with E-state index in [1.807, 2.05) is 38.4 Å². The van der Waals surface area contributed by atoms with E-state index in [4.69, 9.17) is 11.6 Å². The summed E-state index contributed by atoms with van der Waals surface area (Å²) in [7, 11) is 4.06. The Morgan fingerprint density at radius 1 is 1.21 bits per heavy atom. The SMILES string of the molecule is CN(C)CCNc1ncc2cc(-c3cc(C(=O)NC4CC4)ccc3Cl)ccc2n1. The first-order chi connectivity index (χ1) is 14.0. The quantitative estimate of drug-likeness (QED) is 0.620. The molecule has 4 rings (SSSR count). The van der Waals surface area contributed by atoms with Gasteiger partial charge in [0.05, 0.1) is 5.52 Å². The third kappa shape index (κ3) is 4.83. The van der Waals surface area contributed by atoms with Crippen LogP contribution in [0.4, 0.5) is 5.95 Å². The van der Waals surface area contributed by atoms with Crippen LogP contribution in [0.2, 0.25) is 5.02 Å². The van der Waals surface area contributed by atoms with Gasteiger partial charge in [-0.3, -0.25) is 4.79 Å². The second kappa shape index (κ2) is 8.35. The summed E-state index contributed by atoms with van der Waals surface area (Å²) in [5, 5.41) is 7.78. The summed E-state index contributed by atoms with van der Waals surface area (Å²) in [5.41, 5.74) is 3.23. The van der Waals surface area contributed by atoms with Gasteiger partial charge in [-0.15, -0.1) is 0 Å². The molecule has 0 bridgehead atoms. The van der Waals surface area contributed by atoms with Gasteiger partial charge in [-0.05, 0) is 62.8 Å². The zero-order valence-corrected chi connectivity index (χ0v) is 17.3. The lowest BCUT2D eigenvalue weighted by Gasteiger charge is -2.11. The van der Waals surface area contributed by atoms with Gasteiger partial charge in [0.2, 0.25) is 5.95 Å². The highest BCUT2D eigenvalue weighted by atomic mass is 35.5. The van der Waals surface area contributed by atoms with Crippen molar-refractivity contribution in [3.05, 3.63) is 53.2 Å². The number of anilines is 1. The minimum Gasteiger partial charge on any atom is -0.353 e. The third-order valence-corrected chi connectivity index (χ3v) is 5.20. The number of benzene rings is 2. The summed E-state index contributed by atoms with van der Waals surface area (Å²) in [6.45, 7) is 1.69. The fraction of sp³-hybridized carbons (Fsp3) is 0.318. The average molecular weight is 410 g/mol.